The number of Topliss-reactive ketones (excluding diaryl/α,β-unsaturated/α-hetero) is 1. The van der Waals surface area contributed by atoms with E-state index in [0.717, 1.165) is 24.3 Å². The summed E-state index contributed by atoms with van der Waals surface area (Å²) in [6.45, 7) is 6.42. The van der Waals surface area contributed by atoms with Crippen LogP contribution < -0.4 is 0 Å². The van der Waals surface area contributed by atoms with Crippen LogP contribution in [0.15, 0.2) is 11.6 Å². The second-order valence-electron chi connectivity index (χ2n) is 4.79. The third-order valence-corrected chi connectivity index (χ3v) is 3.88. The van der Waals surface area contributed by atoms with E-state index in [9.17, 15) is 4.79 Å². The van der Waals surface area contributed by atoms with Gasteiger partial charge in [0.25, 0.3) is 0 Å². The first-order valence-electron chi connectivity index (χ1n) is 4.74. The molecule has 0 aromatic rings. The number of hydrogen-bond acceptors (Lipinski definition) is 1. The molecule has 0 aromatic carbocycles. The number of ketones is 1. The number of allylic oxidation sites excluding steroid dienone is 2. The van der Waals surface area contributed by atoms with Crippen molar-refractivity contribution < 1.29 is 4.79 Å². The molecule has 0 radical (unpaired) electrons. The van der Waals surface area contributed by atoms with Gasteiger partial charge in [-0.15, -0.1) is 0 Å². The molecular formula is C11H16O. The summed E-state index contributed by atoms with van der Waals surface area (Å²) in [6, 6.07) is 0. The van der Waals surface area contributed by atoms with E-state index in [2.05, 4.69) is 19.9 Å². The molecule has 0 heterocycles. The Morgan fingerprint density at radius 2 is 2.17 bits per heavy atom. The average Bonchev–Trinajstić information content (AvgIpc) is 2.18. The van der Waals surface area contributed by atoms with E-state index >= 15 is 0 Å². The maximum Gasteiger partial charge on any atom is 0.161 e. The quantitative estimate of drug-likeness (QED) is 0.537. The Kier molecular flexibility index (Phi) is 1.48. The molecule has 2 atom stereocenters. The first-order valence-corrected chi connectivity index (χ1v) is 4.74. The van der Waals surface area contributed by atoms with Gasteiger partial charge in [0, 0.05) is 5.92 Å². The summed E-state index contributed by atoms with van der Waals surface area (Å²) in [5, 5.41) is 0. The molecule has 1 heteroatoms. The van der Waals surface area contributed by atoms with E-state index in [1.807, 2.05) is 6.92 Å². The molecule has 66 valence electrons. The van der Waals surface area contributed by atoms with Crippen molar-refractivity contribution >= 4 is 5.78 Å². The Bertz CT molecular complexity index is 260. The van der Waals surface area contributed by atoms with Crippen molar-refractivity contribution in [2.45, 2.75) is 33.6 Å². The summed E-state index contributed by atoms with van der Waals surface area (Å²) in [6.07, 6.45) is 4.36. The second-order valence-corrected chi connectivity index (χ2v) is 4.79. The van der Waals surface area contributed by atoms with Gasteiger partial charge in [0.05, 0.1) is 0 Å². The van der Waals surface area contributed by atoms with Gasteiger partial charge in [-0.05, 0) is 36.7 Å². The standard InChI is InChI=1S/C11H16O/c1-7-4-5-8-6-9(10(7)12)11(8,2)3/h4,8-9H,5-6H2,1-3H3/t8-,9+/m0/s1. The fraction of sp³-hybridized carbons (Fsp3) is 0.727. The molecule has 0 saturated heterocycles. The highest BCUT2D eigenvalue weighted by atomic mass is 16.1. The molecule has 0 spiro atoms. The van der Waals surface area contributed by atoms with Crippen LogP contribution in [0.4, 0.5) is 0 Å². The first kappa shape index (κ1) is 8.03. The van der Waals surface area contributed by atoms with Crippen LogP contribution in [0, 0.1) is 17.3 Å². The van der Waals surface area contributed by atoms with Crippen LogP contribution in [-0.2, 0) is 4.79 Å². The van der Waals surface area contributed by atoms with Crippen LogP contribution in [-0.4, -0.2) is 5.78 Å². The van der Waals surface area contributed by atoms with Gasteiger partial charge in [0.2, 0.25) is 0 Å². The number of fused-ring (bicyclic) bond motifs is 2. The van der Waals surface area contributed by atoms with Crippen molar-refractivity contribution in [3.8, 4) is 0 Å². The first-order chi connectivity index (χ1) is 5.53. The van der Waals surface area contributed by atoms with Crippen molar-refractivity contribution in [3.63, 3.8) is 0 Å². The van der Waals surface area contributed by atoms with E-state index in [4.69, 9.17) is 0 Å². The van der Waals surface area contributed by atoms with Crippen LogP contribution in [0.1, 0.15) is 33.6 Å². The third-order valence-electron chi connectivity index (χ3n) is 3.88. The van der Waals surface area contributed by atoms with Crippen molar-refractivity contribution in [2.24, 2.45) is 17.3 Å². The number of hydrogen-bond donors (Lipinski definition) is 0. The molecule has 1 saturated carbocycles. The Hall–Kier alpha value is -0.590. The maximum absolute atomic E-state index is 11.7. The minimum absolute atomic E-state index is 0.269. The molecule has 12 heavy (non-hydrogen) atoms. The third kappa shape index (κ3) is 0.825. The van der Waals surface area contributed by atoms with Crippen molar-refractivity contribution in [1.29, 1.82) is 0 Å². The van der Waals surface area contributed by atoms with Gasteiger partial charge in [0.1, 0.15) is 0 Å². The molecule has 1 nitrogen and oxygen atoms in total. The molecule has 0 N–H and O–H groups in total. The largest absolute Gasteiger partial charge is 0.294 e. The van der Waals surface area contributed by atoms with Crippen molar-refractivity contribution in [2.75, 3.05) is 0 Å². The van der Waals surface area contributed by atoms with Crippen LogP contribution in [0.3, 0.4) is 0 Å². The number of rotatable bonds is 0. The predicted octanol–water partition coefficient (Wildman–Crippen LogP) is 2.57. The van der Waals surface area contributed by atoms with Crippen LogP contribution in [0.5, 0.6) is 0 Å². The van der Waals surface area contributed by atoms with Gasteiger partial charge in [-0.3, -0.25) is 4.79 Å². The van der Waals surface area contributed by atoms with E-state index in [-0.39, 0.29) is 5.41 Å². The number of carbonyl (C=O) groups excluding carboxylic acids is 1. The molecule has 0 amide bonds. The molecule has 2 bridgehead atoms. The Morgan fingerprint density at radius 3 is 2.75 bits per heavy atom. The molecule has 3 rings (SSSR count). The fourth-order valence-electron chi connectivity index (χ4n) is 2.56. The summed E-state index contributed by atoms with van der Waals surface area (Å²) in [4.78, 5) is 11.7. The van der Waals surface area contributed by atoms with Gasteiger partial charge >= 0.3 is 0 Å². The van der Waals surface area contributed by atoms with Crippen LogP contribution in [0.2, 0.25) is 0 Å². The normalized spacial score (nSPS) is 38.2. The lowest BCUT2D eigenvalue weighted by Crippen LogP contribution is -2.47. The number of carbonyl (C=O) groups is 1. The SMILES string of the molecule is CC1=CC[C@H]2C[C@H](C1=O)C2(C)C. The van der Waals surface area contributed by atoms with Crippen LogP contribution in [0.25, 0.3) is 0 Å². The molecular weight excluding hydrogens is 148 g/mol. The van der Waals surface area contributed by atoms with E-state index < -0.39 is 0 Å². The molecule has 0 aliphatic heterocycles. The second kappa shape index (κ2) is 2.21. The zero-order valence-corrected chi connectivity index (χ0v) is 8.05. The smallest absolute Gasteiger partial charge is 0.161 e. The van der Waals surface area contributed by atoms with Crippen molar-refractivity contribution in [3.05, 3.63) is 11.6 Å². The molecule has 0 aromatic heterocycles. The summed E-state index contributed by atoms with van der Waals surface area (Å²) in [7, 11) is 0. The Balaban J connectivity index is 2.33. The lowest BCUT2D eigenvalue weighted by molar-refractivity contribution is -0.132. The lowest BCUT2D eigenvalue weighted by atomic mass is 9.53. The summed E-state index contributed by atoms with van der Waals surface area (Å²) < 4.78 is 0. The zero-order valence-electron chi connectivity index (χ0n) is 8.05. The maximum atomic E-state index is 11.7. The van der Waals surface area contributed by atoms with E-state index in [1.165, 1.54) is 0 Å². The summed E-state index contributed by atoms with van der Waals surface area (Å²) in [5.74, 6) is 1.47. The van der Waals surface area contributed by atoms with Crippen LogP contribution >= 0.6 is 0 Å². The predicted molar refractivity (Wildman–Crippen MR) is 48.8 cm³/mol. The summed E-state index contributed by atoms with van der Waals surface area (Å²) in [5.41, 5.74) is 1.26. The minimum Gasteiger partial charge on any atom is -0.294 e. The summed E-state index contributed by atoms with van der Waals surface area (Å²) >= 11 is 0. The van der Waals surface area contributed by atoms with Gasteiger partial charge < -0.3 is 0 Å². The van der Waals surface area contributed by atoms with Gasteiger partial charge in [-0.1, -0.05) is 19.9 Å². The fourth-order valence-corrected chi connectivity index (χ4v) is 2.56. The topological polar surface area (TPSA) is 17.1 Å². The minimum atomic E-state index is 0.269. The highest BCUT2D eigenvalue weighted by Gasteiger charge is 2.52. The highest BCUT2D eigenvalue weighted by molar-refractivity contribution is 5.98. The monoisotopic (exact) mass is 164 g/mol. The van der Waals surface area contributed by atoms with Gasteiger partial charge in [-0.25, -0.2) is 0 Å². The molecule has 3 aliphatic carbocycles. The Morgan fingerprint density at radius 1 is 1.50 bits per heavy atom. The van der Waals surface area contributed by atoms with E-state index in [1.54, 1.807) is 0 Å². The molecule has 1 fully saturated rings. The zero-order chi connectivity index (χ0) is 8.93. The van der Waals surface area contributed by atoms with Gasteiger partial charge in [-0.2, -0.15) is 0 Å². The molecule has 0 unspecified atom stereocenters. The van der Waals surface area contributed by atoms with Crippen molar-refractivity contribution in [1.82, 2.24) is 0 Å². The van der Waals surface area contributed by atoms with Gasteiger partial charge in [0.15, 0.2) is 5.78 Å². The lowest BCUT2D eigenvalue weighted by Gasteiger charge is -2.50. The molecule has 3 aliphatic rings. The average molecular weight is 164 g/mol. The Labute approximate surface area is 73.8 Å². The van der Waals surface area contributed by atoms with E-state index in [0.29, 0.717) is 11.7 Å². The highest BCUT2D eigenvalue weighted by Crippen LogP contribution is 2.55.